The Balaban J connectivity index is 2.27. The zero-order chi connectivity index (χ0) is 12.3. The summed E-state index contributed by atoms with van der Waals surface area (Å²) in [5.74, 6) is 0.722. The summed E-state index contributed by atoms with van der Waals surface area (Å²) in [6.07, 6.45) is 1.16. The van der Waals surface area contributed by atoms with Gasteiger partial charge >= 0.3 is 0 Å². The van der Waals surface area contributed by atoms with Gasteiger partial charge in [0.1, 0.15) is 0 Å². The lowest BCUT2D eigenvalue weighted by Gasteiger charge is -2.08. The Hall–Kier alpha value is -1.56. The van der Waals surface area contributed by atoms with Crippen molar-refractivity contribution in [2.75, 3.05) is 0 Å². The first-order chi connectivity index (χ1) is 8.16. The molecule has 0 atom stereocenters. The molecule has 0 aliphatic carbocycles. The first-order valence-corrected chi connectivity index (χ1v) is 6.32. The second kappa shape index (κ2) is 5.18. The molecule has 0 aliphatic heterocycles. The summed E-state index contributed by atoms with van der Waals surface area (Å²) < 4.78 is 0. The van der Waals surface area contributed by atoms with Crippen molar-refractivity contribution in [3.05, 3.63) is 59.7 Å². The van der Waals surface area contributed by atoms with Crippen molar-refractivity contribution in [3.8, 4) is 11.1 Å². The van der Waals surface area contributed by atoms with Crippen LogP contribution in [0.5, 0.6) is 0 Å². The minimum Gasteiger partial charge on any atom is -0.0625 e. The van der Waals surface area contributed by atoms with Crippen LogP contribution in [0.25, 0.3) is 11.1 Å². The Bertz CT molecular complexity index is 478. The third-order valence-corrected chi connectivity index (χ3v) is 3.05. The summed E-state index contributed by atoms with van der Waals surface area (Å²) in [7, 11) is 0. The highest BCUT2D eigenvalue weighted by atomic mass is 14.1. The largest absolute Gasteiger partial charge is 0.0625 e. The molecule has 0 saturated carbocycles. The Labute approximate surface area is 104 Å². The van der Waals surface area contributed by atoms with Crippen LogP contribution in [0.4, 0.5) is 0 Å². The fourth-order valence-electron chi connectivity index (χ4n) is 2.19. The van der Waals surface area contributed by atoms with Crippen LogP contribution in [-0.4, -0.2) is 0 Å². The van der Waals surface area contributed by atoms with Crippen molar-refractivity contribution < 1.29 is 0 Å². The van der Waals surface area contributed by atoms with Gasteiger partial charge in [-0.1, -0.05) is 62.4 Å². The van der Waals surface area contributed by atoms with Crippen LogP contribution < -0.4 is 0 Å². The molecule has 0 nitrogen and oxygen atoms in total. The molecule has 0 heterocycles. The maximum atomic E-state index is 2.26. The second-order valence-electron chi connectivity index (χ2n) is 5.11. The number of hydrogen-bond donors (Lipinski definition) is 0. The molecule has 0 spiro atoms. The molecular formula is C17H20. The maximum absolute atomic E-state index is 2.26. The van der Waals surface area contributed by atoms with Crippen molar-refractivity contribution in [2.45, 2.75) is 27.2 Å². The maximum Gasteiger partial charge on any atom is -0.0155 e. The van der Waals surface area contributed by atoms with Crippen molar-refractivity contribution >= 4 is 0 Å². The van der Waals surface area contributed by atoms with E-state index in [0.29, 0.717) is 0 Å². The summed E-state index contributed by atoms with van der Waals surface area (Å²) in [6, 6.07) is 17.5. The Morgan fingerprint density at radius 3 is 2.12 bits per heavy atom. The molecule has 17 heavy (non-hydrogen) atoms. The molecule has 0 bridgehead atoms. The van der Waals surface area contributed by atoms with E-state index >= 15 is 0 Å². The topological polar surface area (TPSA) is 0 Å². The van der Waals surface area contributed by atoms with E-state index in [2.05, 4.69) is 69.3 Å². The SMILES string of the molecule is Cc1ccccc1-c1ccc(CC(C)C)cc1. The molecule has 88 valence electrons. The average molecular weight is 224 g/mol. The van der Waals surface area contributed by atoms with E-state index in [4.69, 9.17) is 0 Å². The first-order valence-electron chi connectivity index (χ1n) is 6.32. The Kier molecular flexibility index (Phi) is 3.63. The van der Waals surface area contributed by atoms with Crippen molar-refractivity contribution in [3.63, 3.8) is 0 Å². The molecule has 0 heteroatoms. The highest BCUT2D eigenvalue weighted by molar-refractivity contribution is 5.67. The Morgan fingerprint density at radius 2 is 1.53 bits per heavy atom. The van der Waals surface area contributed by atoms with Gasteiger partial charge in [0.25, 0.3) is 0 Å². The van der Waals surface area contributed by atoms with Gasteiger partial charge in [0.15, 0.2) is 0 Å². The van der Waals surface area contributed by atoms with E-state index in [1.807, 2.05) is 0 Å². The second-order valence-corrected chi connectivity index (χ2v) is 5.11. The number of aryl methyl sites for hydroxylation is 1. The van der Waals surface area contributed by atoms with Gasteiger partial charge in [0.2, 0.25) is 0 Å². The lowest BCUT2D eigenvalue weighted by molar-refractivity contribution is 0.647. The van der Waals surface area contributed by atoms with Gasteiger partial charge in [-0.25, -0.2) is 0 Å². The highest BCUT2D eigenvalue weighted by Crippen LogP contribution is 2.23. The fraction of sp³-hybridized carbons (Fsp3) is 0.294. The molecule has 0 N–H and O–H groups in total. The summed E-state index contributed by atoms with van der Waals surface area (Å²) in [5.41, 5.74) is 5.42. The zero-order valence-electron chi connectivity index (χ0n) is 10.9. The highest BCUT2D eigenvalue weighted by Gasteiger charge is 2.02. The summed E-state index contributed by atoms with van der Waals surface area (Å²) in [6.45, 7) is 6.68. The standard InChI is InChI=1S/C17H20/c1-13(2)12-15-8-10-16(11-9-15)17-7-5-4-6-14(17)3/h4-11,13H,12H2,1-3H3. The molecule has 0 unspecified atom stereocenters. The van der Waals surface area contributed by atoms with Crippen LogP contribution >= 0.6 is 0 Å². The molecule has 2 rings (SSSR count). The molecule has 0 saturated heterocycles. The van der Waals surface area contributed by atoms with Crippen LogP contribution in [-0.2, 0) is 6.42 Å². The van der Waals surface area contributed by atoms with Gasteiger partial charge in [-0.05, 0) is 41.5 Å². The molecule has 0 amide bonds. The monoisotopic (exact) mass is 224 g/mol. The van der Waals surface area contributed by atoms with E-state index in [1.54, 1.807) is 0 Å². The summed E-state index contributed by atoms with van der Waals surface area (Å²) in [4.78, 5) is 0. The lowest BCUT2D eigenvalue weighted by atomic mass is 9.97. The van der Waals surface area contributed by atoms with Crippen LogP contribution in [0.2, 0.25) is 0 Å². The van der Waals surface area contributed by atoms with E-state index < -0.39 is 0 Å². The normalized spacial score (nSPS) is 10.8. The van der Waals surface area contributed by atoms with E-state index in [1.165, 1.54) is 22.3 Å². The molecule has 0 radical (unpaired) electrons. The van der Waals surface area contributed by atoms with E-state index in [0.717, 1.165) is 12.3 Å². The van der Waals surface area contributed by atoms with E-state index in [9.17, 15) is 0 Å². The number of benzene rings is 2. The van der Waals surface area contributed by atoms with Gasteiger partial charge in [-0.15, -0.1) is 0 Å². The third kappa shape index (κ3) is 2.97. The van der Waals surface area contributed by atoms with Crippen molar-refractivity contribution in [1.29, 1.82) is 0 Å². The van der Waals surface area contributed by atoms with E-state index in [-0.39, 0.29) is 0 Å². The molecule has 2 aromatic carbocycles. The molecule has 2 aromatic rings. The van der Waals surface area contributed by atoms with Gasteiger partial charge in [0, 0.05) is 0 Å². The van der Waals surface area contributed by atoms with Gasteiger partial charge in [-0.3, -0.25) is 0 Å². The van der Waals surface area contributed by atoms with Crippen LogP contribution in [0.1, 0.15) is 25.0 Å². The van der Waals surface area contributed by atoms with Gasteiger partial charge in [0.05, 0.1) is 0 Å². The lowest BCUT2D eigenvalue weighted by Crippen LogP contribution is -1.93. The molecule has 0 aromatic heterocycles. The zero-order valence-corrected chi connectivity index (χ0v) is 10.9. The third-order valence-electron chi connectivity index (χ3n) is 3.05. The average Bonchev–Trinajstić information content (AvgIpc) is 2.30. The predicted octanol–water partition coefficient (Wildman–Crippen LogP) is 4.86. The first kappa shape index (κ1) is 11.9. The van der Waals surface area contributed by atoms with Crippen molar-refractivity contribution in [2.24, 2.45) is 5.92 Å². The van der Waals surface area contributed by atoms with Crippen LogP contribution in [0, 0.1) is 12.8 Å². The van der Waals surface area contributed by atoms with Gasteiger partial charge < -0.3 is 0 Å². The minimum atomic E-state index is 0.722. The van der Waals surface area contributed by atoms with Crippen LogP contribution in [0.15, 0.2) is 48.5 Å². The molecular weight excluding hydrogens is 204 g/mol. The van der Waals surface area contributed by atoms with Gasteiger partial charge in [-0.2, -0.15) is 0 Å². The summed E-state index contributed by atoms with van der Waals surface area (Å²) >= 11 is 0. The smallest absolute Gasteiger partial charge is 0.0155 e. The predicted molar refractivity (Wildman–Crippen MR) is 75.2 cm³/mol. The Morgan fingerprint density at radius 1 is 0.882 bits per heavy atom. The van der Waals surface area contributed by atoms with Crippen LogP contribution in [0.3, 0.4) is 0 Å². The summed E-state index contributed by atoms with van der Waals surface area (Å²) in [5, 5.41) is 0. The number of hydrogen-bond acceptors (Lipinski definition) is 0. The number of rotatable bonds is 3. The minimum absolute atomic E-state index is 0.722. The fourth-order valence-corrected chi connectivity index (χ4v) is 2.19. The quantitative estimate of drug-likeness (QED) is 0.698. The molecule has 0 fully saturated rings. The van der Waals surface area contributed by atoms with Crippen molar-refractivity contribution in [1.82, 2.24) is 0 Å². The molecule has 0 aliphatic rings.